The molecule has 0 saturated heterocycles. The molecule has 3 nitrogen and oxygen atoms in total. The monoisotopic (exact) mass is 232 g/mol. The van der Waals surface area contributed by atoms with Gasteiger partial charge in [0.25, 0.3) is 0 Å². The highest BCUT2D eigenvalue weighted by Gasteiger charge is 2.39. The van der Waals surface area contributed by atoms with Crippen LogP contribution in [0.4, 0.5) is 0 Å². The van der Waals surface area contributed by atoms with Crippen LogP contribution >= 0.6 is 0 Å². The molecule has 1 amide bonds. The van der Waals surface area contributed by atoms with Gasteiger partial charge < -0.3 is 11.1 Å². The lowest BCUT2D eigenvalue weighted by molar-refractivity contribution is -0.126. The van der Waals surface area contributed by atoms with Crippen molar-refractivity contribution < 1.29 is 4.79 Å². The predicted molar refractivity (Wildman–Crippen MR) is 68.3 cm³/mol. The first kappa shape index (κ1) is 12.1. The predicted octanol–water partition coefficient (Wildman–Crippen LogP) is 1.78. The first-order valence-corrected chi connectivity index (χ1v) is 6.07. The Morgan fingerprint density at radius 3 is 2.53 bits per heavy atom. The van der Waals surface area contributed by atoms with Crippen LogP contribution in [0.5, 0.6) is 0 Å². The van der Waals surface area contributed by atoms with Gasteiger partial charge in [-0.3, -0.25) is 4.79 Å². The number of rotatable bonds is 4. The van der Waals surface area contributed by atoms with Crippen molar-refractivity contribution in [3.05, 3.63) is 35.9 Å². The van der Waals surface area contributed by atoms with Crippen molar-refractivity contribution in [3.63, 3.8) is 0 Å². The van der Waals surface area contributed by atoms with E-state index in [1.807, 2.05) is 30.3 Å². The minimum atomic E-state index is -0.952. The van der Waals surface area contributed by atoms with Crippen LogP contribution in [0.1, 0.15) is 32.3 Å². The quantitative estimate of drug-likeness (QED) is 0.831. The highest BCUT2D eigenvalue weighted by atomic mass is 16.2. The molecule has 0 bridgehead atoms. The minimum Gasteiger partial charge on any atom is -0.354 e. The van der Waals surface area contributed by atoms with Crippen LogP contribution in [0, 0.1) is 5.41 Å². The fourth-order valence-electron chi connectivity index (χ4n) is 1.78. The van der Waals surface area contributed by atoms with Gasteiger partial charge in [-0.05, 0) is 30.7 Å². The first-order chi connectivity index (χ1) is 7.94. The number of hydrogen-bond acceptors (Lipinski definition) is 2. The summed E-state index contributed by atoms with van der Waals surface area (Å²) in [4.78, 5) is 12.1. The minimum absolute atomic E-state index is 0.100. The van der Waals surface area contributed by atoms with E-state index < -0.39 is 5.54 Å². The van der Waals surface area contributed by atoms with Crippen molar-refractivity contribution in [1.29, 1.82) is 0 Å². The van der Waals surface area contributed by atoms with E-state index in [2.05, 4.69) is 12.2 Å². The Labute approximate surface area is 102 Å². The lowest BCUT2D eigenvalue weighted by Gasteiger charge is -2.25. The van der Waals surface area contributed by atoms with Crippen LogP contribution in [-0.4, -0.2) is 12.5 Å². The number of hydrogen-bond donors (Lipinski definition) is 2. The van der Waals surface area contributed by atoms with E-state index in [0.717, 1.165) is 12.1 Å². The fourth-order valence-corrected chi connectivity index (χ4v) is 1.78. The molecule has 1 aromatic carbocycles. The van der Waals surface area contributed by atoms with Crippen molar-refractivity contribution >= 4 is 5.91 Å². The molecule has 1 saturated carbocycles. The molecule has 1 fully saturated rings. The van der Waals surface area contributed by atoms with Gasteiger partial charge in [0.05, 0.1) is 0 Å². The maximum atomic E-state index is 12.1. The zero-order valence-corrected chi connectivity index (χ0v) is 10.5. The zero-order chi connectivity index (χ0) is 12.5. The van der Waals surface area contributed by atoms with Crippen LogP contribution in [0.25, 0.3) is 0 Å². The summed E-state index contributed by atoms with van der Waals surface area (Å²) < 4.78 is 0. The number of carbonyl (C=O) groups excluding carboxylic acids is 1. The van der Waals surface area contributed by atoms with E-state index in [1.54, 1.807) is 6.92 Å². The summed E-state index contributed by atoms with van der Waals surface area (Å²) in [6, 6.07) is 9.49. The Balaban J connectivity index is 2.02. The molecular weight excluding hydrogens is 212 g/mol. The SMILES string of the molecule is CC1(CNC(=O)C(C)(N)c2ccccc2)CC1. The molecule has 1 aliphatic rings. The number of amides is 1. The van der Waals surface area contributed by atoms with Gasteiger partial charge in [0.15, 0.2) is 0 Å². The van der Waals surface area contributed by atoms with Gasteiger partial charge in [0.1, 0.15) is 5.54 Å². The molecule has 17 heavy (non-hydrogen) atoms. The van der Waals surface area contributed by atoms with Crippen molar-refractivity contribution in [3.8, 4) is 0 Å². The second-order valence-electron chi connectivity index (χ2n) is 5.56. The zero-order valence-electron chi connectivity index (χ0n) is 10.5. The molecule has 0 spiro atoms. The molecule has 1 unspecified atom stereocenters. The van der Waals surface area contributed by atoms with Gasteiger partial charge in [0, 0.05) is 6.54 Å². The molecular formula is C14H20N2O. The molecule has 0 aromatic heterocycles. The molecule has 2 rings (SSSR count). The van der Waals surface area contributed by atoms with E-state index in [4.69, 9.17) is 5.73 Å². The molecule has 3 N–H and O–H groups in total. The van der Waals surface area contributed by atoms with Crippen LogP contribution in [0.15, 0.2) is 30.3 Å². The van der Waals surface area contributed by atoms with Gasteiger partial charge in [-0.15, -0.1) is 0 Å². The van der Waals surface area contributed by atoms with Gasteiger partial charge in [-0.25, -0.2) is 0 Å². The number of carbonyl (C=O) groups is 1. The van der Waals surface area contributed by atoms with Crippen molar-refractivity contribution in [2.75, 3.05) is 6.54 Å². The molecule has 0 radical (unpaired) electrons. The molecule has 1 atom stereocenters. The Morgan fingerprint density at radius 2 is 2.00 bits per heavy atom. The summed E-state index contributed by atoms with van der Waals surface area (Å²) >= 11 is 0. The van der Waals surface area contributed by atoms with Gasteiger partial charge in [-0.1, -0.05) is 37.3 Å². The van der Waals surface area contributed by atoms with Gasteiger partial charge in [0.2, 0.25) is 5.91 Å². The average molecular weight is 232 g/mol. The molecule has 0 aliphatic heterocycles. The van der Waals surface area contributed by atoms with Crippen LogP contribution in [0.2, 0.25) is 0 Å². The Kier molecular flexibility index (Phi) is 2.96. The van der Waals surface area contributed by atoms with E-state index in [1.165, 1.54) is 12.8 Å². The van der Waals surface area contributed by atoms with Crippen molar-refractivity contribution in [1.82, 2.24) is 5.32 Å². The molecule has 1 aromatic rings. The third-order valence-corrected chi connectivity index (χ3v) is 3.62. The highest BCUT2D eigenvalue weighted by Crippen LogP contribution is 2.44. The Hall–Kier alpha value is -1.35. The summed E-state index contributed by atoms with van der Waals surface area (Å²) in [5, 5.41) is 2.96. The number of benzene rings is 1. The van der Waals surface area contributed by atoms with Gasteiger partial charge >= 0.3 is 0 Å². The van der Waals surface area contributed by atoms with Crippen molar-refractivity contribution in [2.24, 2.45) is 11.1 Å². The summed E-state index contributed by atoms with van der Waals surface area (Å²) in [7, 11) is 0. The van der Waals surface area contributed by atoms with E-state index in [0.29, 0.717) is 5.41 Å². The normalized spacial score (nSPS) is 20.4. The van der Waals surface area contributed by atoms with Gasteiger partial charge in [-0.2, -0.15) is 0 Å². The molecule has 92 valence electrons. The summed E-state index contributed by atoms with van der Waals surface area (Å²) in [5.41, 5.74) is 6.32. The largest absolute Gasteiger partial charge is 0.354 e. The third-order valence-electron chi connectivity index (χ3n) is 3.62. The number of nitrogens with one attached hydrogen (secondary N) is 1. The maximum absolute atomic E-state index is 12.1. The third kappa shape index (κ3) is 2.67. The number of nitrogens with two attached hydrogens (primary N) is 1. The van der Waals surface area contributed by atoms with Crippen LogP contribution in [0.3, 0.4) is 0 Å². The Bertz CT molecular complexity index is 407. The summed E-state index contributed by atoms with van der Waals surface area (Å²) in [6.45, 7) is 4.67. The molecule has 0 heterocycles. The van der Waals surface area contributed by atoms with E-state index in [-0.39, 0.29) is 5.91 Å². The lowest BCUT2D eigenvalue weighted by Crippen LogP contribution is -2.50. The maximum Gasteiger partial charge on any atom is 0.244 e. The van der Waals surface area contributed by atoms with Crippen LogP contribution < -0.4 is 11.1 Å². The van der Waals surface area contributed by atoms with E-state index >= 15 is 0 Å². The first-order valence-electron chi connectivity index (χ1n) is 6.07. The standard InChI is InChI=1S/C14H20N2O/c1-13(8-9-13)10-16-12(17)14(2,15)11-6-4-3-5-7-11/h3-7H,8-10,15H2,1-2H3,(H,16,17). The summed E-state index contributed by atoms with van der Waals surface area (Å²) in [6.07, 6.45) is 2.39. The second-order valence-corrected chi connectivity index (χ2v) is 5.56. The smallest absolute Gasteiger partial charge is 0.244 e. The lowest BCUT2D eigenvalue weighted by atomic mass is 9.92. The topological polar surface area (TPSA) is 55.1 Å². The Morgan fingerprint density at radius 1 is 1.41 bits per heavy atom. The van der Waals surface area contributed by atoms with E-state index in [9.17, 15) is 4.79 Å². The van der Waals surface area contributed by atoms with Crippen LogP contribution in [-0.2, 0) is 10.3 Å². The average Bonchev–Trinajstić information content (AvgIpc) is 3.06. The molecule has 3 heteroatoms. The summed E-state index contributed by atoms with van der Waals surface area (Å²) in [5.74, 6) is -0.100. The fraction of sp³-hybridized carbons (Fsp3) is 0.500. The second kappa shape index (κ2) is 4.15. The highest BCUT2D eigenvalue weighted by molar-refractivity contribution is 5.87. The van der Waals surface area contributed by atoms with Crippen molar-refractivity contribution in [2.45, 2.75) is 32.2 Å². The molecule has 1 aliphatic carbocycles.